The van der Waals surface area contributed by atoms with Crippen molar-refractivity contribution < 1.29 is 4.79 Å². The van der Waals surface area contributed by atoms with Crippen molar-refractivity contribution in [3.05, 3.63) is 39.2 Å². The first-order valence-corrected chi connectivity index (χ1v) is 4.66. The molecule has 5 heteroatoms. The topological polar surface area (TPSA) is 62.0 Å². The van der Waals surface area contributed by atoms with Crippen molar-refractivity contribution in [1.82, 2.24) is 4.98 Å². The predicted octanol–water partition coefficient (Wildman–Crippen LogP) is 1.57. The summed E-state index contributed by atoms with van der Waals surface area (Å²) in [6.45, 7) is 5.04. The molecule has 0 aliphatic rings. The number of hydrogen-bond acceptors (Lipinski definition) is 2. The van der Waals surface area contributed by atoms with Crippen LogP contribution in [-0.2, 0) is 4.79 Å². The molecule has 0 fully saturated rings. The molecular weight excluding hydrogens is 248 g/mol. The number of hydrogen-bond donors (Lipinski definition) is 2. The molecule has 0 bridgehead atoms. The molecule has 0 aliphatic heterocycles. The molecule has 1 heterocycles. The van der Waals surface area contributed by atoms with Gasteiger partial charge in [-0.15, -0.1) is 0 Å². The van der Waals surface area contributed by atoms with Gasteiger partial charge in [-0.25, -0.2) is 0 Å². The highest BCUT2D eigenvalue weighted by molar-refractivity contribution is 9.10. The van der Waals surface area contributed by atoms with Gasteiger partial charge in [-0.05, 0) is 35.0 Å². The lowest BCUT2D eigenvalue weighted by atomic mass is 10.3. The van der Waals surface area contributed by atoms with Crippen molar-refractivity contribution in [3.8, 4) is 0 Å². The number of nitrogens with one attached hydrogen (secondary N) is 2. The second-order valence-electron chi connectivity index (χ2n) is 2.68. The van der Waals surface area contributed by atoms with E-state index >= 15 is 0 Å². The van der Waals surface area contributed by atoms with E-state index in [-0.39, 0.29) is 11.2 Å². The fourth-order valence-electron chi connectivity index (χ4n) is 0.874. The van der Waals surface area contributed by atoms with Crippen molar-refractivity contribution >= 4 is 27.5 Å². The molecule has 0 aromatic carbocycles. The lowest BCUT2D eigenvalue weighted by Gasteiger charge is -2.03. The first-order valence-electron chi connectivity index (χ1n) is 3.87. The average Bonchev–Trinajstić information content (AvgIpc) is 2.14. The Morgan fingerprint density at radius 1 is 1.71 bits per heavy atom. The van der Waals surface area contributed by atoms with Crippen LogP contribution in [0.15, 0.2) is 28.0 Å². The maximum atomic E-state index is 11.3. The highest BCUT2D eigenvalue weighted by atomic mass is 79.9. The van der Waals surface area contributed by atoms with E-state index < -0.39 is 5.91 Å². The zero-order valence-corrected chi connectivity index (χ0v) is 9.14. The second kappa shape index (κ2) is 4.23. The molecule has 4 nitrogen and oxygen atoms in total. The van der Waals surface area contributed by atoms with E-state index in [0.717, 1.165) is 10.5 Å². The minimum Gasteiger partial charge on any atom is -0.324 e. The summed E-state index contributed by atoms with van der Waals surface area (Å²) in [6.07, 6.45) is 1.10. The lowest BCUT2D eigenvalue weighted by Crippen LogP contribution is -2.18. The molecule has 0 saturated carbocycles. The van der Waals surface area contributed by atoms with E-state index in [0.29, 0.717) is 5.69 Å². The third kappa shape index (κ3) is 2.32. The largest absolute Gasteiger partial charge is 0.324 e. The fraction of sp³-hybridized carbons (Fsp3) is 0.111. The fourth-order valence-corrected chi connectivity index (χ4v) is 1.20. The molecule has 0 radical (unpaired) electrons. The Morgan fingerprint density at radius 3 is 2.93 bits per heavy atom. The molecule has 1 aromatic heterocycles. The maximum Gasteiger partial charge on any atom is 0.271 e. The van der Waals surface area contributed by atoms with E-state index in [1.807, 2.05) is 0 Å². The van der Waals surface area contributed by atoms with Crippen LogP contribution in [0.3, 0.4) is 0 Å². The molecular formula is C9H9BrN2O2. The molecule has 14 heavy (non-hydrogen) atoms. The average molecular weight is 257 g/mol. The molecule has 0 saturated heterocycles. The van der Waals surface area contributed by atoms with Crippen LogP contribution in [-0.4, -0.2) is 10.9 Å². The van der Waals surface area contributed by atoms with Crippen LogP contribution in [0, 0.1) is 6.92 Å². The second-order valence-corrected chi connectivity index (χ2v) is 3.53. The highest BCUT2D eigenvalue weighted by Crippen LogP contribution is 2.14. The van der Waals surface area contributed by atoms with E-state index in [4.69, 9.17) is 0 Å². The molecule has 1 amide bonds. The lowest BCUT2D eigenvalue weighted by molar-refractivity contribution is -0.111. The minimum atomic E-state index is -0.411. The monoisotopic (exact) mass is 256 g/mol. The summed E-state index contributed by atoms with van der Waals surface area (Å²) in [5.74, 6) is -0.411. The summed E-state index contributed by atoms with van der Waals surface area (Å²) in [5.41, 5.74) is 0.583. The van der Waals surface area contributed by atoms with Crippen LogP contribution in [0.4, 0.5) is 5.69 Å². The third-order valence-electron chi connectivity index (χ3n) is 1.62. The molecule has 0 atom stereocenters. The van der Waals surface area contributed by atoms with Crippen molar-refractivity contribution in [2.75, 3.05) is 5.32 Å². The van der Waals surface area contributed by atoms with Gasteiger partial charge < -0.3 is 10.3 Å². The first kappa shape index (κ1) is 10.7. The third-order valence-corrected chi connectivity index (χ3v) is 2.44. The number of carbonyl (C=O) groups excluding carboxylic acids is 1. The van der Waals surface area contributed by atoms with E-state index in [1.165, 1.54) is 0 Å². The van der Waals surface area contributed by atoms with Gasteiger partial charge in [0, 0.05) is 10.2 Å². The summed E-state index contributed by atoms with van der Waals surface area (Å²) in [7, 11) is 0. The zero-order chi connectivity index (χ0) is 10.7. The van der Waals surface area contributed by atoms with Gasteiger partial charge in [0.25, 0.3) is 5.56 Å². The van der Waals surface area contributed by atoms with E-state index in [2.05, 4.69) is 32.8 Å². The van der Waals surface area contributed by atoms with Crippen LogP contribution in [0.25, 0.3) is 0 Å². The number of anilines is 1. The van der Waals surface area contributed by atoms with Crippen LogP contribution < -0.4 is 10.9 Å². The number of aromatic nitrogens is 1. The summed E-state index contributed by atoms with van der Waals surface area (Å²) < 4.78 is 0.733. The number of carbonyl (C=O) groups is 1. The van der Waals surface area contributed by atoms with Crippen LogP contribution in [0.5, 0.6) is 0 Å². The van der Waals surface area contributed by atoms with Crippen molar-refractivity contribution in [1.29, 1.82) is 0 Å². The maximum absolute atomic E-state index is 11.3. The predicted molar refractivity (Wildman–Crippen MR) is 58.3 cm³/mol. The Labute approximate surface area is 89.2 Å². The normalized spacial score (nSPS) is 9.57. The van der Waals surface area contributed by atoms with Gasteiger partial charge in [0.2, 0.25) is 5.91 Å². The number of rotatable bonds is 2. The van der Waals surface area contributed by atoms with Gasteiger partial charge in [0.05, 0.1) is 0 Å². The highest BCUT2D eigenvalue weighted by Gasteiger charge is 2.05. The standard InChI is InChI=1S/C9H9BrN2O2/c1-3-8(13)12-7-4-6(10)5(2)11-9(7)14/h3-4H,1H2,2H3,(H,11,14)(H,12,13). The molecule has 0 aliphatic carbocycles. The number of aryl methyl sites for hydroxylation is 1. The summed E-state index contributed by atoms with van der Waals surface area (Å²) in [5, 5.41) is 2.40. The quantitative estimate of drug-likeness (QED) is 0.790. The SMILES string of the molecule is C=CC(=O)Nc1cc(Br)c(C)[nH]c1=O. The number of halogens is 1. The summed E-state index contributed by atoms with van der Waals surface area (Å²) >= 11 is 3.24. The molecule has 0 unspecified atom stereocenters. The van der Waals surface area contributed by atoms with Gasteiger partial charge in [-0.3, -0.25) is 9.59 Å². The molecule has 1 rings (SSSR count). The van der Waals surface area contributed by atoms with Crippen molar-refractivity contribution in [2.24, 2.45) is 0 Å². The number of pyridine rings is 1. The Morgan fingerprint density at radius 2 is 2.36 bits per heavy atom. The van der Waals surface area contributed by atoms with Crippen molar-refractivity contribution in [3.63, 3.8) is 0 Å². The number of amides is 1. The molecule has 74 valence electrons. The van der Waals surface area contributed by atoms with Gasteiger partial charge in [-0.2, -0.15) is 0 Å². The van der Waals surface area contributed by atoms with E-state index in [1.54, 1.807) is 13.0 Å². The molecule has 1 aromatic rings. The Kier molecular flexibility index (Phi) is 3.24. The number of aromatic amines is 1. The zero-order valence-electron chi connectivity index (χ0n) is 7.56. The summed E-state index contributed by atoms with van der Waals surface area (Å²) in [6, 6.07) is 1.55. The Hall–Kier alpha value is -1.36. The molecule has 0 spiro atoms. The van der Waals surface area contributed by atoms with Gasteiger partial charge in [-0.1, -0.05) is 6.58 Å². The van der Waals surface area contributed by atoms with Crippen LogP contribution >= 0.6 is 15.9 Å². The Bertz CT molecular complexity index is 437. The minimum absolute atomic E-state index is 0.201. The van der Waals surface area contributed by atoms with Gasteiger partial charge >= 0.3 is 0 Å². The Balaban J connectivity index is 3.10. The van der Waals surface area contributed by atoms with Gasteiger partial charge in [0.1, 0.15) is 5.69 Å². The first-order chi connectivity index (χ1) is 6.54. The molecule has 2 N–H and O–H groups in total. The summed E-state index contributed by atoms with van der Waals surface area (Å²) in [4.78, 5) is 24.8. The number of H-pyrrole nitrogens is 1. The van der Waals surface area contributed by atoms with Crippen LogP contribution in [0.1, 0.15) is 5.69 Å². The van der Waals surface area contributed by atoms with E-state index in [9.17, 15) is 9.59 Å². The smallest absolute Gasteiger partial charge is 0.271 e. The van der Waals surface area contributed by atoms with Crippen LogP contribution in [0.2, 0.25) is 0 Å². The van der Waals surface area contributed by atoms with Crippen molar-refractivity contribution in [2.45, 2.75) is 6.92 Å². The van der Waals surface area contributed by atoms with Gasteiger partial charge in [0.15, 0.2) is 0 Å².